The molecule has 0 unspecified atom stereocenters. The van der Waals surface area contributed by atoms with Crippen molar-refractivity contribution in [3.05, 3.63) is 37.0 Å². The van der Waals surface area contributed by atoms with Crippen molar-refractivity contribution < 1.29 is 42.2 Å². The van der Waals surface area contributed by atoms with Crippen molar-refractivity contribution in [1.29, 1.82) is 0 Å². The summed E-state index contributed by atoms with van der Waals surface area (Å²) in [7, 11) is 1.62. The molecule has 15 heavy (non-hydrogen) atoms. The standard InChI is InChI=1S/C11H14NO2.Y/c1-3-12-8-9-14-11-7-5-4-6-10(11)13-2;/h4-7,12H,1,8-9H2,2H3;/q-1;. The number of hydrogen-bond acceptors (Lipinski definition) is 3. The molecular weight excluding hydrogens is 267 g/mol. The fourth-order valence-electron chi connectivity index (χ4n) is 1.04. The van der Waals surface area contributed by atoms with Crippen LogP contribution in [0, 0.1) is 6.20 Å². The van der Waals surface area contributed by atoms with Crippen LogP contribution in [0.3, 0.4) is 0 Å². The summed E-state index contributed by atoms with van der Waals surface area (Å²) in [5, 5.41) is 2.83. The van der Waals surface area contributed by atoms with E-state index in [0.717, 1.165) is 11.5 Å². The van der Waals surface area contributed by atoms with Crippen molar-refractivity contribution in [2.75, 3.05) is 20.3 Å². The number of para-hydroxylation sites is 2. The van der Waals surface area contributed by atoms with E-state index in [4.69, 9.17) is 9.47 Å². The van der Waals surface area contributed by atoms with Gasteiger partial charge in [-0.3, -0.25) is 6.58 Å². The maximum absolute atomic E-state index is 5.47. The molecule has 3 nitrogen and oxygen atoms in total. The number of ether oxygens (including phenoxy) is 2. The SMILES string of the molecule is C=[C-]NCCOc1ccccc1OC.[Y]. The van der Waals surface area contributed by atoms with Crippen LogP contribution < -0.4 is 14.8 Å². The van der Waals surface area contributed by atoms with Crippen molar-refractivity contribution in [3.63, 3.8) is 0 Å². The van der Waals surface area contributed by atoms with E-state index >= 15 is 0 Å². The van der Waals surface area contributed by atoms with E-state index in [1.807, 2.05) is 24.3 Å². The molecule has 0 aliphatic carbocycles. The third-order valence-electron chi connectivity index (χ3n) is 1.68. The first-order valence-electron chi connectivity index (χ1n) is 4.39. The smallest absolute Gasteiger partial charge is 0.161 e. The van der Waals surface area contributed by atoms with Gasteiger partial charge < -0.3 is 21.0 Å². The Balaban J connectivity index is 0.00000196. The van der Waals surface area contributed by atoms with Gasteiger partial charge in [0.25, 0.3) is 0 Å². The van der Waals surface area contributed by atoms with Crippen LogP contribution in [0.4, 0.5) is 0 Å². The van der Waals surface area contributed by atoms with E-state index in [0.29, 0.717) is 13.2 Å². The van der Waals surface area contributed by atoms with Gasteiger partial charge in [0.1, 0.15) is 6.61 Å². The Kier molecular flexibility index (Phi) is 8.43. The van der Waals surface area contributed by atoms with Gasteiger partial charge in [0.15, 0.2) is 11.5 Å². The number of nitrogens with one attached hydrogen (secondary N) is 1. The Labute approximate surface area is 116 Å². The molecule has 0 saturated carbocycles. The van der Waals surface area contributed by atoms with Crippen LogP contribution in [-0.4, -0.2) is 20.3 Å². The van der Waals surface area contributed by atoms with Crippen LogP contribution >= 0.6 is 0 Å². The zero-order valence-electron chi connectivity index (χ0n) is 8.82. The van der Waals surface area contributed by atoms with Crippen LogP contribution in [0.25, 0.3) is 0 Å². The van der Waals surface area contributed by atoms with E-state index in [9.17, 15) is 0 Å². The maximum Gasteiger partial charge on any atom is 0.161 e. The molecule has 1 N–H and O–H groups in total. The Morgan fingerprint density at radius 1 is 1.33 bits per heavy atom. The van der Waals surface area contributed by atoms with Gasteiger partial charge in [-0.1, -0.05) is 12.1 Å². The molecule has 0 amide bonds. The second-order valence-electron chi connectivity index (χ2n) is 2.60. The van der Waals surface area contributed by atoms with Gasteiger partial charge >= 0.3 is 0 Å². The average molecular weight is 281 g/mol. The summed E-state index contributed by atoms with van der Waals surface area (Å²) >= 11 is 0. The van der Waals surface area contributed by atoms with Gasteiger partial charge in [0, 0.05) is 39.3 Å². The Morgan fingerprint density at radius 3 is 2.60 bits per heavy atom. The van der Waals surface area contributed by atoms with Crippen molar-refractivity contribution in [2.24, 2.45) is 0 Å². The van der Waals surface area contributed by atoms with Crippen molar-refractivity contribution in [1.82, 2.24) is 5.32 Å². The quantitative estimate of drug-likeness (QED) is 0.488. The van der Waals surface area contributed by atoms with Crippen LogP contribution in [0.1, 0.15) is 0 Å². The van der Waals surface area contributed by atoms with E-state index in [-0.39, 0.29) is 32.7 Å². The Bertz CT molecular complexity index is 292. The molecule has 0 aliphatic heterocycles. The number of benzene rings is 1. The molecule has 0 heterocycles. The predicted molar refractivity (Wildman–Crippen MR) is 55.4 cm³/mol. The predicted octanol–water partition coefficient (Wildman–Crippen LogP) is 1.61. The first-order valence-corrected chi connectivity index (χ1v) is 4.39. The van der Waals surface area contributed by atoms with Gasteiger partial charge in [-0.15, -0.1) is 0 Å². The number of methoxy groups -OCH3 is 1. The molecule has 79 valence electrons. The minimum absolute atomic E-state index is 0. The molecule has 0 aromatic heterocycles. The minimum atomic E-state index is 0. The Hall–Kier alpha value is -0.536. The third kappa shape index (κ3) is 5.19. The molecule has 0 bridgehead atoms. The van der Waals surface area contributed by atoms with Crippen molar-refractivity contribution >= 4 is 0 Å². The summed E-state index contributed by atoms with van der Waals surface area (Å²) in [5.41, 5.74) is 0. The molecule has 1 aromatic carbocycles. The molecule has 0 aliphatic rings. The topological polar surface area (TPSA) is 30.5 Å². The summed E-state index contributed by atoms with van der Waals surface area (Å²) in [6, 6.07) is 7.55. The molecule has 0 spiro atoms. The minimum Gasteiger partial charge on any atom is -0.565 e. The Morgan fingerprint density at radius 2 is 2.00 bits per heavy atom. The van der Waals surface area contributed by atoms with Crippen LogP contribution in [0.2, 0.25) is 0 Å². The average Bonchev–Trinajstić information content (AvgIpc) is 2.25. The van der Waals surface area contributed by atoms with E-state index in [2.05, 4.69) is 18.1 Å². The number of hydrogen-bond donors (Lipinski definition) is 1. The summed E-state index contributed by atoms with van der Waals surface area (Å²) in [4.78, 5) is 0. The van der Waals surface area contributed by atoms with Gasteiger partial charge in [-0.25, -0.2) is 0 Å². The summed E-state index contributed by atoms with van der Waals surface area (Å²) in [5.74, 6) is 1.50. The normalized spacial score (nSPS) is 8.60. The van der Waals surface area contributed by atoms with Gasteiger partial charge in [0.2, 0.25) is 0 Å². The molecule has 4 heteroatoms. The number of rotatable bonds is 6. The molecular formula is C11H14NO2Y-. The molecule has 0 fully saturated rings. The van der Waals surface area contributed by atoms with E-state index in [1.165, 1.54) is 0 Å². The first kappa shape index (κ1) is 14.5. The van der Waals surface area contributed by atoms with Crippen LogP contribution in [0.15, 0.2) is 30.8 Å². The van der Waals surface area contributed by atoms with E-state index in [1.54, 1.807) is 7.11 Å². The summed E-state index contributed by atoms with van der Waals surface area (Å²) in [6.45, 7) is 4.66. The zero-order chi connectivity index (χ0) is 10.2. The second kappa shape index (κ2) is 8.75. The summed E-state index contributed by atoms with van der Waals surface area (Å²) < 4.78 is 10.6. The molecule has 1 aromatic rings. The van der Waals surface area contributed by atoms with Crippen molar-refractivity contribution in [3.8, 4) is 11.5 Å². The first-order chi connectivity index (χ1) is 6.88. The fraction of sp³-hybridized carbons (Fsp3) is 0.273. The fourth-order valence-corrected chi connectivity index (χ4v) is 1.04. The van der Waals surface area contributed by atoms with Gasteiger partial charge in [0.05, 0.1) is 7.11 Å². The molecule has 1 rings (SSSR count). The van der Waals surface area contributed by atoms with Crippen LogP contribution in [-0.2, 0) is 32.7 Å². The largest absolute Gasteiger partial charge is 0.565 e. The summed E-state index contributed by atoms with van der Waals surface area (Å²) in [6.07, 6.45) is 2.57. The zero-order valence-corrected chi connectivity index (χ0v) is 11.7. The molecule has 0 saturated heterocycles. The molecule has 0 atom stereocenters. The van der Waals surface area contributed by atoms with Crippen LogP contribution in [0.5, 0.6) is 11.5 Å². The second-order valence-corrected chi connectivity index (χ2v) is 2.60. The van der Waals surface area contributed by atoms with Gasteiger partial charge in [-0.2, -0.15) is 0 Å². The van der Waals surface area contributed by atoms with E-state index < -0.39 is 0 Å². The monoisotopic (exact) mass is 281 g/mol. The van der Waals surface area contributed by atoms with Gasteiger partial charge in [-0.05, 0) is 12.1 Å². The third-order valence-corrected chi connectivity index (χ3v) is 1.68. The maximum atomic E-state index is 5.47. The van der Waals surface area contributed by atoms with Crippen molar-refractivity contribution in [2.45, 2.75) is 0 Å². The molecule has 1 radical (unpaired) electrons.